The predicted octanol–water partition coefficient (Wildman–Crippen LogP) is 2.60. The molecule has 3 nitrogen and oxygen atoms in total. The van der Waals surface area contributed by atoms with Gasteiger partial charge in [-0.05, 0) is 17.7 Å². The Morgan fingerprint density at radius 2 is 2.11 bits per heavy atom. The van der Waals surface area contributed by atoms with E-state index in [1.165, 1.54) is 31.4 Å². The lowest BCUT2D eigenvalue weighted by atomic mass is 10.1. The lowest BCUT2D eigenvalue weighted by Gasteiger charge is -2.12. The fourth-order valence-electron chi connectivity index (χ4n) is 1.36. The Labute approximate surface area is 102 Å². The van der Waals surface area contributed by atoms with Crippen LogP contribution in [0.1, 0.15) is 17.5 Å². The first kappa shape index (κ1) is 14.1. The summed E-state index contributed by atoms with van der Waals surface area (Å²) in [5, 5.41) is 0. The molecule has 0 unspecified atom stereocenters. The molecule has 0 aliphatic heterocycles. The van der Waals surface area contributed by atoms with E-state index in [2.05, 4.69) is 0 Å². The topological polar surface area (TPSA) is 52.3 Å². The fraction of sp³-hybridized carbons (Fsp3) is 0.250. The molecule has 98 valence electrons. The molecule has 2 N–H and O–H groups in total. The van der Waals surface area contributed by atoms with E-state index in [9.17, 15) is 18.0 Å². The van der Waals surface area contributed by atoms with E-state index in [0.29, 0.717) is 5.56 Å². The van der Waals surface area contributed by atoms with Gasteiger partial charge in [0, 0.05) is 6.42 Å². The molecule has 1 aromatic carbocycles. The number of hydrogen-bond donors (Lipinski definition) is 1. The van der Waals surface area contributed by atoms with Gasteiger partial charge in [0.2, 0.25) is 5.91 Å². The smallest absolute Gasteiger partial charge is 0.419 e. The normalized spacial score (nSPS) is 11.8. The van der Waals surface area contributed by atoms with Crippen LogP contribution in [0, 0.1) is 0 Å². The standard InChI is InChI=1S/C12H12F3NO2/c1-18-10-7-8(3-2-4-11(16)17)5-6-9(10)12(13,14)15/h2-3,5-7H,4H2,1H3,(H2,16,17). The van der Waals surface area contributed by atoms with Gasteiger partial charge in [-0.25, -0.2) is 0 Å². The molecule has 0 bridgehead atoms. The Morgan fingerprint density at radius 1 is 1.44 bits per heavy atom. The zero-order valence-electron chi connectivity index (χ0n) is 9.62. The van der Waals surface area contributed by atoms with Crippen molar-refractivity contribution in [1.82, 2.24) is 0 Å². The van der Waals surface area contributed by atoms with Crippen molar-refractivity contribution in [3.05, 3.63) is 35.4 Å². The molecule has 0 aromatic heterocycles. The largest absolute Gasteiger partial charge is 0.496 e. The first-order valence-corrected chi connectivity index (χ1v) is 5.04. The molecule has 1 aromatic rings. The summed E-state index contributed by atoms with van der Waals surface area (Å²) >= 11 is 0. The Bertz CT molecular complexity index is 467. The number of benzene rings is 1. The van der Waals surface area contributed by atoms with Crippen molar-refractivity contribution >= 4 is 12.0 Å². The molecule has 0 saturated heterocycles. The number of halogens is 3. The number of primary amides is 1. The predicted molar refractivity (Wildman–Crippen MR) is 60.8 cm³/mol. The van der Waals surface area contributed by atoms with Gasteiger partial charge in [0.25, 0.3) is 0 Å². The molecular formula is C12H12F3NO2. The van der Waals surface area contributed by atoms with Gasteiger partial charge in [-0.1, -0.05) is 18.2 Å². The van der Waals surface area contributed by atoms with Crippen molar-refractivity contribution < 1.29 is 22.7 Å². The van der Waals surface area contributed by atoms with E-state index in [4.69, 9.17) is 10.5 Å². The van der Waals surface area contributed by atoms with Crippen LogP contribution >= 0.6 is 0 Å². The summed E-state index contributed by atoms with van der Waals surface area (Å²) in [5.41, 5.74) is 4.60. The number of rotatable bonds is 4. The van der Waals surface area contributed by atoms with Gasteiger partial charge in [-0.2, -0.15) is 13.2 Å². The SMILES string of the molecule is COc1cc(C=CCC(N)=O)ccc1C(F)(F)F. The monoisotopic (exact) mass is 259 g/mol. The molecule has 0 aliphatic carbocycles. The second-order valence-electron chi connectivity index (χ2n) is 3.53. The number of ether oxygens (including phenoxy) is 1. The van der Waals surface area contributed by atoms with Crippen molar-refractivity contribution in [2.24, 2.45) is 5.73 Å². The minimum Gasteiger partial charge on any atom is -0.496 e. The van der Waals surface area contributed by atoms with Crippen LogP contribution in [0.5, 0.6) is 5.75 Å². The van der Waals surface area contributed by atoms with Crippen molar-refractivity contribution in [2.75, 3.05) is 7.11 Å². The lowest BCUT2D eigenvalue weighted by Crippen LogP contribution is -2.08. The van der Waals surface area contributed by atoms with Crippen molar-refractivity contribution in [3.8, 4) is 5.75 Å². The van der Waals surface area contributed by atoms with Gasteiger partial charge >= 0.3 is 6.18 Å². The molecule has 6 heteroatoms. The molecule has 18 heavy (non-hydrogen) atoms. The highest BCUT2D eigenvalue weighted by atomic mass is 19.4. The maximum absolute atomic E-state index is 12.6. The first-order valence-electron chi connectivity index (χ1n) is 5.04. The summed E-state index contributed by atoms with van der Waals surface area (Å²) in [7, 11) is 1.17. The molecule has 0 atom stereocenters. The summed E-state index contributed by atoms with van der Waals surface area (Å²) in [6, 6.07) is 3.48. The van der Waals surface area contributed by atoms with E-state index >= 15 is 0 Å². The molecule has 0 heterocycles. The van der Waals surface area contributed by atoms with Crippen LogP contribution in [0.2, 0.25) is 0 Å². The zero-order valence-corrected chi connectivity index (χ0v) is 9.62. The van der Waals surface area contributed by atoms with Crippen molar-refractivity contribution in [1.29, 1.82) is 0 Å². The summed E-state index contributed by atoms with van der Waals surface area (Å²) in [5.74, 6) is -0.770. The van der Waals surface area contributed by atoms with Crippen molar-refractivity contribution in [2.45, 2.75) is 12.6 Å². The maximum atomic E-state index is 12.6. The minimum absolute atomic E-state index is 0.0311. The van der Waals surface area contributed by atoms with Crippen LogP contribution in [0.25, 0.3) is 6.08 Å². The number of amides is 1. The third-order valence-electron chi connectivity index (χ3n) is 2.16. The minimum atomic E-state index is -4.46. The highest BCUT2D eigenvalue weighted by Crippen LogP contribution is 2.36. The average Bonchev–Trinajstić information content (AvgIpc) is 2.26. The number of carbonyl (C=O) groups is 1. The number of hydrogen-bond acceptors (Lipinski definition) is 2. The van der Waals surface area contributed by atoms with Crippen molar-refractivity contribution in [3.63, 3.8) is 0 Å². The van der Waals surface area contributed by atoms with E-state index in [-0.39, 0.29) is 12.2 Å². The molecule has 1 amide bonds. The van der Waals surface area contributed by atoms with Gasteiger partial charge < -0.3 is 10.5 Å². The Balaban J connectivity index is 2.99. The van der Waals surface area contributed by atoms with E-state index < -0.39 is 17.6 Å². The Morgan fingerprint density at radius 3 is 2.61 bits per heavy atom. The van der Waals surface area contributed by atoms with Gasteiger partial charge in [0.05, 0.1) is 12.7 Å². The molecular weight excluding hydrogens is 247 g/mol. The third-order valence-corrected chi connectivity index (χ3v) is 2.16. The van der Waals surface area contributed by atoms with E-state index in [1.807, 2.05) is 0 Å². The van der Waals surface area contributed by atoms with E-state index in [1.54, 1.807) is 0 Å². The Hall–Kier alpha value is -1.98. The fourth-order valence-corrected chi connectivity index (χ4v) is 1.36. The van der Waals surface area contributed by atoms with Crippen LogP contribution in [0.3, 0.4) is 0 Å². The van der Waals surface area contributed by atoms with Crippen LogP contribution < -0.4 is 10.5 Å². The second kappa shape index (κ2) is 5.57. The molecule has 0 radical (unpaired) electrons. The molecule has 0 aliphatic rings. The van der Waals surface area contributed by atoms with Gasteiger partial charge in [0.15, 0.2) is 0 Å². The van der Waals surface area contributed by atoms with E-state index in [0.717, 1.165) is 6.07 Å². The molecule has 0 spiro atoms. The zero-order chi connectivity index (χ0) is 13.8. The summed E-state index contributed by atoms with van der Waals surface area (Å²) in [4.78, 5) is 10.5. The average molecular weight is 259 g/mol. The number of alkyl halides is 3. The molecule has 1 rings (SSSR count). The number of nitrogens with two attached hydrogens (primary N) is 1. The molecule has 0 fully saturated rings. The van der Waals surface area contributed by atoms with Crippen LogP contribution in [0.4, 0.5) is 13.2 Å². The highest BCUT2D eigenvalue weighted by Gasteiger charge is 2.34. The van der Waals surface area contributed by atoms with Gasteiger partial charge in [0.1, 0.15) is 5.75 Å². The molecule has 0 saturated carbocycles. The number of methoxy groups -OCH3 is 1. The summed E-state index contributed by atoms with van der Waals surface area (Å²) in [6.45, 7) is 0. The van der Waals surface area contributed by atoms with Gasteiger partial charge in [-0.3, -0.25) is 4.79 Å². The third kappa shape index (κ3) is 3.80. The quantitative estimate of drug-likeness (QED) is 0.903. The summed E-state index contributed by atoms with van der Waals surface area (Å²) < 4.78 is 42.4. The second-order valence-corrected chi connectivity index (χ2v) is 3.53. The van der Waals surface area contributed by atoms with Crippen LogP contribution in [-0.4, -0.2) is 13.0 Å². The van der Waals surface area contributed by atoms with Crippen LogP contribution in [-0.2, 0) is 11.0 Å². The van der Waals surface area contributed by atoms with Gasteiger partial charge in [-0.15, -0.1) is 0 Å². The van der Waals surface area contributed by atoms with Crippen LogP contribution in [0.15, 0.2) is 24.3 Å². The maximum Gasteiger partial charge on any atom is 0.419 e. The highest BCUT2D eigenvalue weighted by molar-refractivity contribution is 5.76. The number of carbonyl (C=O) groups excluding carboxylic acids is 1. The Kier molecular flexibility index (Phi) is 4.36. The first-order chi connectivity index (χ1) is 8.34. The lowest BCUT2D eigenvalue weighted by molar-refractivity contribution is -0.138. The summed E-state index contributed by atoms with van der Waals surface area (Å²) in [6.07, 6.45) is -1.44.